The van der Waals surface area contributed by atoms with Crippen molar-refractivity contribution in [3.63, 3.8) is 0 Å². The molecule has 3 aromatic rings. The lowest BCUT2D eigenvalue weighted by Crippen LogP contribution is -2.28. The van der Waals surface area contributed by atoms with Crippen molar-refractivity contribution in [1.82, 2.24) is 14.9 Å². The van der Waals surface area contributed by atoms with Crippen LogP contribution in [0.1, 0.15) is 29.1 Å². The number of rotatable bonds is 4. The Morgan fingerprint density at radius 1 is 1.17 bits per heavy atom. The third kappa shape index (κ3) is 2.77. The molecule has 0 saturated carbocycles. The molecule has 118 valence electrons. The maximum atomic E-state index is 12.5. The van der Waals surface area contributed by atoms with Crippen LogP contribution in [0.5, 0.6) is 5.75 Å². The molecule has 5 heteroatoms. The Morgan fingerprint density at radius 3 is 2.61 bits per heavy atom. The first-order chi connectivity index (χ1) is 11.1. The van der Waals surface area contributed by atoms with E-state index in [1.807, 2.05) is 54.9 Å². The van der Waals surface area contributed by atoms with Gasteiger partial charge in [0.15, 0.2) is 0 Å². The van der Waals surface area contributed by atoms with Gasteiger partial charge in [-0.05, 0) is 31.2 Å². The molecular formula is C18H19N3O2. The van der Waals surface area contributed by atoms with Gasteiger partial charge in [-0.2, -0.15) is 0 Å². The van der Waals surface area contributed by atoms with Crippen molar-refractivity contribution >= 4 is 16.9 Å². The van der Waals surface area contributed by atoms with Gasteiger partial charge in [-0.15, -0.1) is 0 Å². The van der Waals surface area contributed by atoms with Crippen LogP contribution in [0, 0.1) is 0 Å². The number of carbonyl (C=O) groups is 1. The minimum absolute atomic E-state index is 0.179. The SMILES string of the molecule is COc1ccccc1C(=O)NC(C)c1nc2ccccc2n1C. The fourth-order valence-electron chi connectivity index (χ4n) is 2.72. The fourth-order valence-corrected chi connectivity index (χ4v) is 2.72. The Labute approximate surface area is 134 Å². The molecule has 1 amide bonds. The van der Waals surface area contributed by atoms with Crippen molar-refractivity contribution in [3.05, 3.63) is 59.9 Å². The number of hydrogen-bond donors (Lipinski definition) is 1. The van der Waals surface area contributed by atoms with Crippen molar-refractivity contribution in [2.45, 2.75) is 13.0 Å². The fraction of sp³-hybridized carbons (Fsp3) is 0.222. The van der Waals surface area contributed by atoms with Gasteiger partial charge in [0.05, 0.1) is 29.7 Å². The number of aromatic nitrogens is 2. The number of hydrogen-bond acceptors (Lipinski definition) is 3. The van der Waals surface area contributed by atoms with Crippen LogP contribution in [0.4, 0.5) is 0 Å². The van der Waals surface area contributed by atoms with Crippen LogP contribution in [-0.2, 0) is 7.05 Å². The van der Waals surface area contributed by atoms with Crippen LogP contribution in [0.15, 0.2) is 48.5 Å². The van der Waals surface area contributed by atoms with Gasteiger partial charge in [-0.1, -0.05) is 24.3 Å². The smallest absolute Gasteiger partial charge is 0.255 e. The van der Waals surface area contributed by atoms with Gasteiger partial charge < -0.3 is 14.6 Å². The molecule has 0 aliphatic carbocycles. The van der Waals surface area contributed by atoms with Crippen LogP contribution in [0.3, 0.4) is 0 Å². The van der Waals surface area contributed by atoms with Crippen molar-refractivity contribution in [2.75, 3.05) is 7.11 Å². The molecule has 23 heavy (non-hydrogen) atoms. The highest BCUT2D eigenvalue weighted by Crippen LogP contribution is 2.21. The van der Waals surface area contributed by atoms with Crippen molar-refractivity contribution in [2.24, 2.45) is 7.05 Å². The van der Waals surface area contributed by atoms with E-state index in [0.717, 1.165) is 16.9 Å². The van der Waals surface area contributed by atoms with Crippen molar-refractivity contribution in [3.8, 4) is 5.75 Å². The highest BCUT2D eigenvalue weighted by atomic mass is 16.5. The normalized spacial score (nSPS) is 12.1. The van der Waals surface area contributed by atoms with E-state index in [1.54, 1.807) is 19.2 Å². The molecule has 5 nitrogen and oxygen atoms in total. The van der Waals surface area contributed by atoms with Gasteiger partial charge >= 0.3 is 0 Å². The minimum Gasteiger partial charge on any atom is -0.496 e. The van der Waals surface area contributed by atoms with Gasteiger partial charge in [0.2, 0.25) is 0 Å². The zero-order valence-corrected chi connectivity index (χ0v) is 13.4. The minimum atomic E-state index is -0.218. The highest BCUT2D eigenvalue weighted by molar-refractivity contribution is 5.97. The lowest BCUT2D eigenvalue weighted by atomic mass is 10.1. The van der Waals surface area contributed by atoms with Gasteiger partial charge in [0.1, 0.15) is 11.6 Å². The van der Waals surface area contributed by atoms with Gasteiger partial charge in [0, 0.05) is 7.05 Å². The summed E-state index contributed by atoms with van der Waals surface area (Å²) in [6.45, 7) is 1.93. The summed E-state index contributed by atoms with van der Waals surface area (Å²) >= 11 is 0. The molecule has 0 spiro atoms. The van der Waals surface area contributed by atoms with E-state index in [2.05, 4.69) is 10.3 Å². The highest BCUT2D eigenvalue weighted by Gasteiger charge is 2.19. The molecule has 2 aromatic carbocycles. The van der Waals surface area contributed by atoms with E-state index in [-0.39, 0.29) is 11.9 Å². The first-order valence-corrected chi connectivity index (χ1v) is 7.47. The molecule has 0 aliphatic heterocycles. The Morgan fingerprint density at radius 2 is 1.87 bits per heavy atom. The molecule has 1 heterocycles. The summed E-state index contributed by atoms with van der Waals surface area (Å²) in [7, 11) is 3.51. The summed E-state index contributed by atoms with van der Waals surface area (Å²) in [6.07, 6.45) is 0. The number of nitrogens with one attached hydrogen (secondary N) is 1. The Bertz CT molecular complexity index is 854. The number of carbonyl (C=O) groups excluding carboxylic acids is 1. The zero-order chi connectivity index (χ0) is 16.4. The van der Waals surface area contributed by atoms with Crippen LogP contribution in [-0.4, -0.2) is 22.6 Å². The van der Waals surface area contributed by atoms with Crippen molar-refractivity contribution in [1.29, 1.82) is 0 Å². The van der Waals surface area contributed by atoms with Crippen LogP contribution in [0.2, 0.25) is 0 Å². The molecule has 1 N–H and O–H groups in total. The predicted octanol–water partition coefficient (Wildman–Crippen LogP) is 3.07. The quantitative estimate of drug-likeness (QED) is 0.806. The van der Waals surface area contributed by atoms with E-state index in [4.69, 9.17) is 4.74 Å². The summed E-state index contributed by atoms with van der Waals surface area (Å²) in [4.78, 5) is 17.1. The lowest BCUT2D eigenvalue weighted by Gasteiger charge is -2.15. The predicted molar refractivity (Wildman–Crippen MR) is 89.6 cm³/mol. The summed E-state index contributed by atoms with van der Waals surface area (Å²) < 4.78 is 7.25. The van der Waals surface area contributed by atoms with E-state index in [9.17, 15) is 4.79 Å². The van der Waals surface area contributed by atoms with Gasteiger partial charge in [0.25, 0.3) is 5.91 Å². The second kappa shape index (κ2) is 6.12. The number of imidazole rings is 1. The first kappa shape index (κ1) is 15.1. The number of ether oxygens (including phenoxy) is 1. The number of amides is 1. The molecule has 3 rings (SSSR count). The number of nitrogens with zero attached hydrogens (tertiary/aromatic N) is 2. The van der Waals surface area contributed by atoms with E-state index < -0.39 is 0 Å². The molecule has 1 unspecified atom stereocenters. The first-order valence-electron chi connectivity index (χ1n) is 7.47. The maximum Gasteiger partial charge on any atom is 0.255 e. The molecular weight excluding hydrogens is 290 g/mol. The zero-order valence-electron chi connectivity index (χ0n) is 13.4. The Kier molecular flexibility index (Phi) is 4.02. The van der Waals surface area contributed by atoms with Crippen LogP contribution in [0.25, 0.3) is 11.0 Å². The summed E-state index contributed by atoms with van der Waals surface area (Å²) in [5.74, 6) is 1.19. The summed E-state index contributed by atoms with van der Waals surface area (Å²) in [5, 5.41) is 2.99. The lowest BCUT2D eigenvalue weighted by molar-refractivity contribution is 0.0935. The number of methoxy groups -OCH3 is 1. The largest absolute Gasteiger partial charge is 0.496 e. The average Bonchev–Trinajstić information content (AvgIpc) is 2.92. The molecule has 0 aliphatic rings. The summed E-state index contributed by atoms with van der Waals surface area (Å²) in [6, 6.07) is 14.9. The Balaban J connectivity index is 1.87. The second-order valence-corrected chi connectivity index (χ2v) is 5.41. The molecule has 0 fully saturated rings. The number of benzene rings is 2. The number of fused-ring (bicyclic) bond motifs is 1. The van der Waals surface area contributed by atoms with Gasteiger partial charge in [-0.3, -0.25) is 4.79 Å². The monoisotopic (exact) mass is 309 g/mol. The van der Waals surface area contributed by atoms with E-state index in [1.165, 1.54) is 0 Å². The average molecular weight is 309 g/mol. The van der Waals surface area contributed by atoms with Gasteiger partial charge in [-0.25, -0.2) is 4.98 Å². The van der Waals surface area contributed by atoms with E-state index in [0.29, 0.717) is 11.3 Å². The standard InChI is InChI=1S/C18H19N3O2/c1-12(17-20-14-9-5-6-10-15(14)21(17)2)19-18(22)13-8-4-7-11-16(13)23-3/h4-12H,1-3H3,(H,19,22). The number of para-hydroxylation sites is 3. The maximum absolute atomic E-state index is 12.5. The van der Waals surface area contributed by atoms with Crippen molar-refractivity contribution < 1.29 is 9.53 Å². The van der Waals surface area contributed by atoms with E-state index >= 15 is 0 Å². The summed E-state index contributed by atoms with van der Waals surface area (Å²) in [5.41, 5.74) is 2.48. The number of aryl methyl sites for hydroxylation is 1. The third-order valence-corrected chi connectivity index (χ3v) is 3.91. The molecule has 1 atom stereocenters. The molecule has 1 aromatic heterocycles. The van der Waals surface area contributed by atoms with Crippen LogP contribution >= 0.6 is 0 Å². The topological polar surface area (TPSA) is 56.1 Å². The van der Waals surface area contributed by atoms with Crippen LogP contribution < -0.4 is 10.1 Å². The Hall–Kier alpha value is -2.82. The third-order valence-electron chi connectivity index (χ3n) is 3.91. The molecule has 0 saturated heterocycles. The molecule has 0 bridgehead atoms. The molecule has 0 radical (unpaired) electrons. The second-order valence-electron chi connectivity index (χ2n) is 5.41.